The van der Waals surface area contributed by atoms with Crippen molar-refractivity contribution in [3.63, 3.8) is 0 Å². The summed E-state index contributed by atoms with van der Waals surface area (Å²) in [6.07, 6.45) is -2.73. The van der Waals surface area contributed by atoms with Gasteiger partial charge in [0.1, 0.15) is 23.7 Å². The number of carbonyl (C=O) groups is 1. The van der Waals surface area contributed by atoms with Gasteiger partial charge in [-0.2, -0.15) is 0 Å². The van der Waals surface area contributed by atoms with Gasteiger partial charge in [-0.15, -0.1) is 0 Å². The van der Waals surface area contributed by atoms with Gasteiger partial charge in [-0.25, -0.2) is 0 Å². The number of aliphatic carboxylic acids is 1. The smallest absolute Gasteiger partial charge is 0.303 e. The molecule has 0 aliphatic heterocycles. The van der Waals surface area contributed by atoms with Crippen molar-refractivity contribution in [2.45, 2.75) is 32.0 Å². The fourth-order valence-corrected chi connectivity index (χ4v) is 1.97. The van der Waals surface area contributed by atoms with E-state index >= 15 is 0 Å². The number of phenolic OH excluding ortho intramolecular Hbond substituents is 1. The second kappa shape index (κ2) is 7.10. The normalized spacial score (nSPS) is 13.5. The van der Waals surface area contributed by atoms with Gasteiger partial charge in [0.25, 0.3) is 0 Å². The largest absolute Gasteiger partial charge is 0.507 e. The highest BCUT2D eigenvalue weighted by Gasteiger charge is 2.27. The third kappa shape index (κ3) is 3.96. The number of carboxylic acids is 1. The molecule has 1 rings (SSSR count). The number of carboxylic acid groups (broad SMARTS) is 1. The number of hydrogen-bond acceptors (Lipinski definition) is 5. The van der Waals surface area contributed by atoms with Crippen molar-refractivity contribution in [3.8, 4) is 11.5 Å². The Bertz CT molecular complexity index is 537. The molecule has 0 saturated carbocycles. The lowest BCUT2D eigenvalue weighted by Gasteiger charge is -2.22. The summed E-state index contributed by atoms with van der Waals surface area (Å²) in [5.41, 5.74) is 0.719. The lowest BCUT2D eigenvalue weighted by Crippen LogP contribution is -2.20. The van der Waals surface area contributed by atoms with Crippen LogP contribution in [0, 0.1) is 0 Å². The van der Waals surface area contributed by atoms with E-state index in [9.17, 15) is 20.1 Å². The zero-order valence-electron chi connectivity index (χ0n) is 12.0. The van der Waals surface area contributed by atoms with Crippen LogP contribution in [0.25, 0.3) is 0 Å². The summed E-state index contributed by atoms with van der Waals surface area (Å²) >= 11 is 0. The van der Waals surface area contributed by atoms with Crippen LogP contribution in [-0.4, -0.2) is 39.6 Å². The van der Waals surface area contributed by atoms with Gasteiger partial charge in [0.15, 0.2) is 0 Å². The van der Waals surface area contributed by atoms with Crippen molar-refractivity contribution in [1.82, 2.24) is 0 Å². The van der Waals surface area contributed by atoms with E-state index in [4.69, 9.17) is 9.84 Å². The quantitative estimate of drug-likeness (QED) is 0.566. The van der Waals surface area contributed by atoms with E-state index in [-0.39, 0.29) is 29.9 Å². The number of aliphatic hydroxyl groups is 2. The van der Waals surface area contributed by atoms with Crippen molar-refractivity contribution in [2.75, 3.05) is 7.11 Å². The Labute approximate surface area is 122 Å². The molecule has 0 aliphatic carbocycles. The molecule has 0 bridgehead atoms. The Hall–Kier alpha value is -2.05. The zero-order valence-corrected chi connectivity index (χ0v) is 12.0. The van der Waals surface area contributed by atoms with Crippen molar-refractivity contribution >= 4 is 5.97 Å². The lowest BCUT2D eigenvalue weighted by molar-refractivity contribution is -0.136. The summed E-state index contributed by atoms with van der Waals surface area (Å²) in [5.74, 6) is -1.06. The predicted molar refractivity (Wildman–Crippen MR) is 76.4 cm³/mol. The third-order valence-electron chi connectivity index (χ3n) is 3.19. The van der Waals surface area contributed by atoms with Gasteiger partial charge in [-0.05, 0) is 30.5 Å². The maximum atomic E-state index is 10.6. The Balaban J connectivity index is 3.23. The molecule has 0 spiro atoms. The topological polar surface area (TPSA) is 107 Å². The molecule has 0 fully saturated rings. The van der Waals surface area contributed by atoms with E-state index in [1.165, 1.54) is 19.2 Å². The van der Waals surface area contributed by atoms with Crippen LogP contribution in [0.4, 0.5) is 0 Å². The lowest BCUT2D eigenvalue weighted by atomic mass is 9.95. The molecule has 2 unspecified atom stereocenters. The molecule has 6 heteroatoms. The van der Waals surface area contributed by atoms with E-state index in [0.29, 0.717) is 11.1 Å². The van der Waals surface area contributed by atoms with Crippen LogP contribution in [0.5, 0.6) is 11.5 Å². The van der Waals surface area contributed by atoms with E-state index in [1.807, 2.05) is 0 Å². The van der Waals surface area contributed by atoms with Crippen molar-refractivity contribution in [2.24, 2.45) is 0 Å². The minimum absolute atomic E-state index is 0.0240. The highest BCUT2D eigenvalue weighted by atomic mass is 16.5. The standard InChI is InChI=1S/C15H20O6/c1-8(2)13(18)15(20)12-10(21-3)6-4-9(14(12)19)5-7-11(16)17/h4,6,13,15,18-20H,1,5,7H2,2-3H3,(H,16,17). The minimum atomic E-state index is -1.41. The number of benzene rings is 1. The van der Waals surface area contributed by atoms with Crippen LogP contribution >= 0.6 is 0 Å². The Morgan fingerprint density at radius 3 is 2.48 bits per heavy atom. The van der Waals surface area contributed by atoms with Gasteiger partial charge in [0.05, 0.1) is 12.7 Å². The first-order chi connectivity index (χ1) is 9.79. The number of aryl methyl sites for hydroxylation is 1. The van der Waals surface area contributed by atoms with Crippen molar-refractivity contribution in [1.29, 1.82) is 0 Å². The van der Waals surface area contributed by atoms with Crippen LogP contribution < -0.4 is 4.74 Å². The van der Waals surface area contributed by atoms with Gasteiger partial charge < -0.3 is 25.2 Å². The molecular formula is C15H20O6. The Kier molecular flexibility index (Phi) is 5.75. The SMILES string of the molecule is C=C(C)C(O)C(O)c1c(OC)ccc(CCC(=O)O)c1O. The second-order valence-electron chi connectivity index (χ2n) is 4.82. The molecule has 0 heterocycles. The Morgan fingerprint density at radius 1 is 1.38 bits per heavy atom. The molecule has 4 N–H and O–H groups in total. The molecule has 1 aromatic carbocycles. The van der Waals surface area contributed by atoms with Gasteiger partial charge in [0.2, 0.25) is 0 Å². The first kappa shape index (κ1) is 17.0. The fraction of sp³-hybridized carbons (Fsp3) is 0.400. The van der Waals surface area contributed by atoms with Gasteiger partial charge in [0, 0.05) is 6.42 Å². The predicted octanol–water partition coefficient (Wildman–Crippen LogP) is 1.39. The maximum Gasteiger partial charge on any atom is 0.303 e. The number of hydrogen-bond donors (Lipinski definition) is 4. The van der Waals surface area contributed by atoms with E-state index in [2.05, 4.69) is 6.58 Å². The number of aliphatic hydroxyl groups excluding tert-OH is 2. The summed E-state index contributed by atoms with van der Waals surface area (Å²) in [6, 6.07) is 3.04. The summed E-state index contributed by atoms with van der Waals surface area (Å²) in [5, 5.41) is 39.0. The molecule has 2 atom stereocenters. The average molecular weight is 296 g/mol. The van der Waals surface area contributed by atoms with E-state index in [1.54, 1.807) is 6.92 Å². The summed E-state index contributed by atoms with van der Waals surface area (Å²) in [6.45, 7) is 5.11. The first-order valence-corrected chi connectivity index (χ1v) is 6.41. The number of rotatable bonds is 7. The molecule has 0 aromatic heterocycles. The van der Waals surface area contributed by atoms with Crippen LogP contribution in [0.2, 0.25) is 0 Å². The number of phenols is 1. The molecule has 0 saturated heterocycles. The molecule has 1 aromatic rings. The average Bonchev–Trinajstić information content (AvgIpc) is 2.43. The van der Waals surface area contributed by atoms with Gasteiger partial charge in [-0.1, -0.05) is 12.6 Å². The van der Waals surface area contributed by atoms with Crippen molar-refractivity contribution < 1.29 is 30.0 Å². The van der Waals surface area contributed by atoms with Gasteiger partial charge >= 0.3 is 5.97 Å². The molecule has 0 radical (unpaired) electrons. The molecule has 116 valence electrons. The highest BCUT2D eigenvalue weighted by Crippen LogP contribution is 2.39. The number of methoxy groups -OCH3 is 1. The fourth-order valence-electron chi connectivity index (χ4n) is 1.97. The maximum absolute atomic E-state index is 10.6. The van der Waals surface area contributed by atoms with Crippen LogP contribution in [0.15, 0.2) is 24.3 Å². The third-order valence-corrected chi connectivity index (χ3v) is 3.19. The molecule has 6 nitrogen and oxygen atoms in total. The van der Waals surface area contributed by atoms with E-state index < -0.39 is 18.2 Å². The van der Waals surface area contributed by atoms with Crippen LogP contribution in [-0.2, 0) is 11.2 Å². The van der Waals surface area contributed by atoms with E-state index in [0.717, 1.165) is 0 Å². The van der Waals surface area contributed by atoms with Crippen LogP contribution in [0.3, 0.4) is 0 Å². The van der Waals surface area contributed by atoms with Crippen LogP contribution in [0.1, 0.15) is 30.6 Å². The molecule has 0 amide bonds. The minimum Gasteiger partial charge on any atom is -0.507 e. The monoisotopic (exact) mass is 296 g/mol. The summed E-state index contributed by atoms with van der Waals surface area (Å²) in [4.78, 5) is 10.6. The van der Waals surface area contributed by atoms with Gasteiger partial charge in [-0.3, -0.25) is 4.79 Å². The number of aromatic hydroxyl groups is 1. The van der Waals surface area contributed by atoms with Crippen molar-refractivity contribution in [3.05, 3.63) is 35.4 Å². The second-order valence-corrected chi connectivity index (χ2v) is 4.82. The summed E-state index contributed by atoms with van der Waals surface area (Å²) < 4.78 is 5.08. The summed E-state index contributed by atoms with van der Waals surface area (Å²) in [7, 11) is 1.37. The first-order valence-electron chi connectivity index (χ1n) is 6.41. The molecule has 0 aliphatic rings. The molecular weight excluding hydrogens is 276 g/mol. The highest BCUT2D eigenvalue weighted by molar-refractivity contribution is 5.67. The zero-order chi connectivity index (χ0) is 16.2. The Morgan fingerprint density at radius 2 is 2.00 bits per heavy atom. The molecule has 21 heavy (non-hydrogen) atoms. The number of ether oxygens (including phenoxy) is 1.